The Morgan fingerprint density at radius 3 is 3.00 bits per heavy atom. The molecule has 0 aromatic carbocycles. The molecule has 50 valence electrons. The van der Waals surface area contributed by atoms with Gasteiger partial charge in [0.1, 0.15) is 0 Å². The molecule has 1 saturated heterocycles. The monoisotopic (exact) mass is 159 g/mol. The van der Waals surface area contributed by atoms with Crippen LogP contribution in [0.3, 0.4) is 0 Å². The highest BCUT2D eigenvalue weighted by atomic mass is 32.2. The first-order valence-electron chi connectivity index (χ1n) is 3.01. The minimum Gasteiger partial charge on any atom is -0.228 e. The molecule has 3 heteroatoms. The first-order chi connectivity index (χ1) is 4.33. The van der Waals surface area contributed by atoms with Gasteiger partial charge in [0.25, 0.3) is 0 Å². The molecule has 1 fully saturated rings. The molecule has 0 aromatic rings. The predicted molar refractivity (Wildman–Crippen MR) is 45.4 cm³/mol. The molecule has 0 N–H and O–H groups in total. The second-order valence-electron chi connectivity index (χ2n) is 2.25. The second kappa shape index (κ2) is 3.35. The van der Waals surface area contributed by atoms with Crippen LogP contribution in [-0.4, -0.2) is 22.2 Å². The molecule has 0 saturated carbocycles. The van der Waals surface area contributed by atoms with Crippen LogP contribution >= 0.6 is 24.0 Å². The Hall–Kier alpha value is 0.150. The zero-order valence-corrected chi connectivity index (χ0v) is 6.97. The molecule has 0 radical (unpaired) electrons. The lowest BCUT2D eigenvalue weighted by molar-refractivity contribution is 0.712. The molecule has 1 nitrogen and oxygen atoms in total. The van der Waals surface area contributed by atoms with Crippen LogP contribution in [-0.2, 0) is 0 Å². The fourth-order valence-electron chi connectivity index (χ4n) is 0.959. The predicted octanol–water partition coefficient (Wildman–Crippen LogP) is 1.98. The lowest BCUT2D eigenvalue weighted by atomic mass is 10.2. The molecule has 0 amide bonds. The molecule has 1 heterocycles. The Labute approximate surface area is 64.9 Å². The summed E-state index contributed by atoms with van der Waals surface area (Å²) >= 11 is 6.47. The minimum absolute atomic E-state index is 0.461. The van der Waals surface area contributed by atoms with Crippen LogP contribution in [0.4, 0.5) is 0 Å². The average Bonchev–Trinajstić information content (AvgIpc) is 2.17. The maximum absolute atomic E-state index is 4.50. The zero-order valence-electron chi connectivity index (χ0n) is 5.33. The van der Waals surface area contributed by atoms with Crippen molar-refractivity contribution in [3.63, 3.8) is 0 Å². The maximum atomic E-state index is 4.50. The molecule has 0 aromatic heterocycles. The highest BCUT2D eigenvalue weighted by Crippen LogP contribution is 2.27. The Morgan fingerprint density at radius 1 is 1.78 bits per heavy atom. The van der Waals surface area contributed by atoms with Crippen LogP contribution in [0.15, 0.2) is 4.99 Å². The van der Waals surface area contributed by atoms with Crippen molar-refractivity contribution in [1.29, 1.82) is 0 Å². The van der Waals surface area contributed by atoms with Gasteiger partial charge in [-0.1, -0.05) is 6.92 Å². The quantitative estimate of drug-likeness (QED) is 0.428. The van der Waals surface area contributed by atoms with Gasteiger partial charge in [-0.05, 0) is 18.6 Å². The van der Waals surface area contributed by atoms with E-state index in [1.807, 2.05) is 11.8 Å². The van der Waals surface area contributed by atoms with Gasteiger partial charge in [0.05, 0.1) is 11.2 Å². The summed E-state index contributed by atoms with van der Waals surface area (Å²) in [5.41, 5.74) is 0. The van der Waals surface area contributed by atoms with Crippen LogP contribution < -0.4 is 0 Å². The fraction of sp³-hybridized carbons (Fsp3) is 0.833. The topological polar surface area (TPSA) is 12.4 Å². The minimum atomic E-state index is 0.461. The zero-order chi connectivity index (χ0) is 6.69. The van der Waals surface area contributed by atoms with E-state index in [2.05, 4.69) is 29.3 Å². The summed E-state index contributed by atoms with van der Waals surface area (Å²) in [5.74, 6) is 1.13. The van der Waals surface area contributed by atoms with Gasteiger partial charge in [-0.2, -0.15) is 11.8 Å². The van der Waals surface area contributed by atoms with Gasteiger partial charge < -0.3 is 0 Å². The van der Waals surface area contributed by atoms with E-state index in [0.29, 0.717) is 6.04 Å². The van der Waals surface area contributed by atoms with E-state index in [1.54, 1.807) is 0 Å². The molecule has 1 aliphatic heterocycles. The lowest BCUT2D eigenvalue weighted by Crippen LogP contribution is -2.01. The van der Waals surface area contributed by atoms with E-state index in [9.17, 15) is 0 Å². The van der Waals surface area contributed by atoms with Crippen molar-refractivity contribution in [2.75, 3.05) is 5.75 Å². The highest BCUT2D eigenvalue weighted by Gasteiger charge is 2.20. The number of hydrogen-bond donors (Lipinski definition) is 0. The summed E-state index contributed by atoms with van der Waals surface area (Å²) in [6.07, 6.45) is 1.17. The Morgan fingerprint density at radius 2 is 2.56 bits per heavy atom. The third-order valence-corrected chi connectivity index (χ3v) is 2.86. The van der Waals surface area contributed by atoms with Crippen LogP contribution in [0.5, 0.6) is 0 Å². The normalized spacial score (nSPS) is 33.9. The van der Waals surface area contributed by atoms with Gasteiger partial charge in [0.2, 0.25) is 0 Å². The van der Waals surface area contributed by atoms with Gasteiger partial charge >= 0.3 is 0 Å². The van der Waals surface area contributed by atoms with Crippen molar-refractivity contribution in [1.82, 2.24) is 0 Å². The van der Waals surface area contributed by atoms with E-state index in [-0.39, 0.29) is 0 Å². The number of thiocarbonyl (C=S) groups is 1. The van der Waals surface area contributed by atoms with Gasteiger partial charge in [0.15, 0.2) is 0 Å². The molecular formula is C6H9NS2. The Bertz CT molecular complexity index is 140. The van der Waals surface area contributed by atoms with E-state index < -0.39 is 0 Å². The van der Waals surface area contributed by atoms with Crippen molar-refractivity contribution in [2.24, 2.45) is 4.99 Å². The smallest absolute Gasteiger partial charge is 0.0703 e. The number of thioether (sulfide) groups is 1. The molecule has 0 spiro atoms. The van der Waals surface area contributed by atoms with Gasteiger partial charge in [-0.25, -0.2) is 4.99 Å². The summed E-state index contributed by atoms with van der Waals surface area (Å²) < 4.78 is 0. The molecule has 2 atom stereocenters. The maximum Gasteiger partial charge on any atom is 0.0703 e. The highest BCUT2D eigenvalue weighted by molar-refractivity contribution is 8.00. The standard InChI is InChI=1S/C6H9NS2/c1-5-2-6(3-9-5)7-4-8/h5-6H,2-3H2,1H3. The molecule has 0 bridgehead atoms. The third-order valence-electron chi connectivity index (χ3n) is 1.41. The molecular weight excluding hydrogens is 150 g/mol. The lowest BCUT2D eigenvalue weighted by Gasteiger charge is -1.95. The molecule has 1 aliphatic rings. The van der Waals surface area contributed by atoms with Crippen molar-refractivity contribution in [2.45, 2.75) is 24.6 Å². The molecule has 9 heavy (non-hydrogen) atoms. The number of hydrogen-bond acceptors (Lipinski definition) is 3. The SMILES string of the molecule is CC1CC(N=C=S)CS1. The van der Waals surface area contributed by atoms with Crippen molar-refractivity contribution in [3.8, 4) is 0 Å². The van der Waals surface area contributed by atoms with Crippen LogP contribution in [0, 0.1) is 0 Å². The van der Waals surface area contributed by atoms with E-state index in [0.717, 1.165) is 11.0 Å². The van der Waals surface area contributed by atoms with Crippen molar-refractivity contribution in [3.05, 3.63) is 0 Å². The number of nitrogens with zero attached hydrogens (tertiary/aromatic N) is 1. The molecule has 1 rings (SSSR count). The number of rotatable bonds is 1. The summed E-state index contributed by atoms with van der Waals surface area (Å²) in [6.45, 7) is 2.23. The van der Waals surface area contributed by atoms with Crippen LogP contribution in [0.1, 0.15) is 13.3 Å². The van der Waals surface area contributed by atoms with Crippen molar-refractivity contribution < 1.29 is 0 Å². The molecule has 0 aliphatic carbocycles. The van der Waals surface area contributed by atoms with E-state index in [1.165, 1.54) is 6.42 Å². The largest absolute Gasteiger partial charge is 0.228 e. The number of aliphatic imine (C=N–C) groups is 1. The van der Waals surface area contributed by atoms with Crippen molar-refractivity contribution >= 4 is 29.1 Å². The molecule has 2 unspecified atom stereocenters. The van der Waals surface area contributed by atoms with Crippen LogP contribution in [0.25, 0.3) is 0 Å². The summed E-state index contributed by atoms with van der Waals surface area (Å²) in [5, 5.41) is 3.19. The number of isothiocyanates is 1. The first kappa shape index (κ1) is 7.26. The fourth-order valence-corrected chi connectivity index (χ4v) is 2.23. The van der Waals surface area contributed by atoms with Crippen LogP contribution in [0.2, 0.25) is 0 Å². The van der Waals surface area contributed by atoms with Gasteiger partial charge in [-0.15, -0.1) is 0 Å². The van der Waals surface area contributed by atoms with Gasteiger partial charge in [-0.3, -0.25) is 0 Å². The summed E-state index contributed by atoms with van der Waals surface area (Å²) in [6, 6.07) is 0.461. The van der Waals surface area contributed by atoms with E-state index in [4.69, 9.17) is 0 Å². The summed E-state index contributed by atoms with van der Waals surface area (Å²) in [4.78, 5) is 4.02. The Balaban J connectivity index is 2.38. The van der Waals surface area contributed by atoms with E-state index >= 15 is 0 Å². The van der Waals surface area contributed by atoms with Gasteiger partial charge in [0, 0.05) is 11.0 Å². The first-order valence-corrected chi connectivity index (χ1v) is 4.47. The summed E-state index contributed by atoms with van der Waals surface area (Å²) in [7, 11) is 0. The third kappa shape index (κ3) is 2.09. The Kier molecular flexibility index (Phi) is 2.70. The second-order valence-corrected chi connectivity index (χ2v) is 3.91. The average molecular weight is 159 g/mol.